The van der Waals surface area contributed by atoms with Gasteiger partial charge < -0.3 is 4.74 Å². The van der Waals surface area contributed by atoms with E-state index in [2.05, 4.69) is 36.8 Å². The second-order valence-corrected chi connectivity index (χ2v) is 7.86. The Morgan fingerprint density at radius 3 is 2.39 bits per heavy atom. The predicted octanol–water partition coefficient (Wildman–Crippen LogP) is 2.95. The molecule has 3 rings (SSSR count). The van der Waals surface area contributed by atoms with Crippen LogP contribution in [0.4, 0.5) is 5.69 Å². The lowest BCUT2D eigenvalue weighted by Crippen LogP contribution is -2.52. The highest BCUT2D eigenvalue weighted by atomic mass is 79.9. The van der Waals surface area contributed by atoms with Gasteiger partial charge in [-0.25, -0.2) is 4.90 Å². The lowest BCUT2D eigenvalue weighted by Gasteiger charge is -2.37. The number of anilines is 1. The van der Waals surface area contributed by atoms with E-state index in [9.17, 15) is 9.59 Å². The molecule has 2 saturated heterocycles. The first-order chi connectivity index (χ1) is 10.9. The largest absolute Gasteiger partial charge is 0.373 e. The number of carbonyl (C=O) groups is 2. The molecule has 0 N–H and O–H groups in total. The Kier molecular flexibility index (Phi) is 4.92. The molecule has 2 aliphatic heterocycles. The molecule has 23 heavy (non-hydrogen) atoms. The summed E-state index contributed by atoms with van der Waals surface area (Å²) < 4.78 is 7.33. The number of carbonyl (C=O) groups excluding carboxylic acids is 2. The molecule has 1 aromatic carbocycles. The van der Waals surface area contributed by atoms with Crippen LogP contribution in [0.15, 0.2) is 27.1 Å². The van der Waals surface area contributed by atoms with E-state index in [0.717, 1.165) is 8.95 Å². The molecule has 0 radical (unpaired) electrons. The van der Waals surface area contributed by atoms with E-state index in [-0.39, 0.29) is 30.4 Å². The standard InChI is InChI=1S/C16H18Br2N2O3/c1-9-7-19(8-10(2)23-9)14-6-15(21)20(16(14)22)13-4-3-11(17)5-12(13)18/h3-5,9-10,14H,6-8H2,1-2H3. The van der Waals surface area contributed by atoms with Crippen molar-refractivity contribution >= 4 is 49.4 Å². The molecule has 1 aromatic rings. The van der Waals surface area contributed by atoms with Crippen LogP contribution in [-0.4, -0.2) is 48.1 Å². The van der Waals surface area contributed by atoms with E-state index in [1.54, 1.807) is 6.07 Å². The summed E-state index contributed by atoms with van der Waals surface area (Å²) in [5.41, 5.74) is 0.597. The lowest BCUT2D eigenvalue weighted by molar-refractivity contribution is -0.127. The Hall–Kier alpha value is -0.760. The molecular weight excluding hydrogens is 428 g/mol. The summed E-state index contributed by atoms with van der Waals surface area (Å²) in [6, 6.07) is 5.04. The molecule has 2 aliphatic rings. The fraction of sp³-hybridized carbons (Fsp3) is 0.500. The number of nitrogens with zero attached hydrogens (tertiary/aromatic N) is 2. The summed E-state index contributed by atoms with van der Waals surface area (Å²) in [5, 5.41) is 0. The Morgan fingerprint density at radius 2 is 1.78 bits per heavy atom. The first-order valence-electron chi connectivity index (χ1n) is 7.58. The molecule has 0 aromatic heterocycles. The smallest absolute Gasteiger partial charge is 0.251 e. The van der Waals surface area contributed by atoms with Crippen LogP contribution in [0.1, 0.15) is 20.3 Å². The second kappa shape index (κ2) is 6.63. The van der Waals surface area contributed by atoms with Gasteiger partial charge in [0.05, 0.1) is 30.4 Å². The number of rotatable bonds is 2. The first-order valence-corrected chi connectivity index (χ1v) is 9.16. The number of ether oxygens (including phenoxy) is 1. The Bertz CT molecular complexity index is 642. The molecule has 0 spiro atoms. The maximum Gasteiger partial charge on any atom is 0.251 e. The molecule has 3 atom stereocenters. The SMILES string of the molecule is CC1CN(C2CC(=O)N(c3ccc(Br)cc3Br)C2=O)CC(C)O1. The number of amides is 2. The molecule has 0 saturated carbocycles. The topological polar surface area (TPSA) is 49.9 Å². The molecular formula is C16H18Br2N2O3. The van der Waals surface area contributed by atoms with Gasteiger partial charge in [-0.05, 0) is 48.0 Å². The van der Waals surface area contributed by atoms with Crippen LogP contribution in [0.5, 0.6) is 0 Å². The molecule has 124 valence electrons. The third kappa shape index (κ3) is 3.38. The van der Waals surface area contributed by atoms with Gasteiger partial charge >= 0.3 is 0 Å². The van der Waals surface area contributed by atoms with Crippen molar-refractivity contribution in [2.24, 2.45) is 0 Å². The summed E-state index contributed by atoms with van der Waals surface area (Å²) in [6.07, 6.45) is 0.353. The van der Waals surface area contributed by atoms with Gasteiger partial charge in [0.2, 0.25) is 5.91 Å². The maximum atomic E-state index is 12.9. The van der Waals surface area contributed by atoms with E-state index in [1.807, 2.05) is 26.0 Å². The van der Waals surface area contributed by atoms with Crippen molar-refractivity contribution in [3.63, 3.8) is 0 Å². The van der Waals surface area contributed by atoms with E-state index in [4.69, 9.17) is 4.74 Å². The van der Waals surface area contributed by atoms with Crippen molar-refractivity contribution in [2.75, 3.05) is 18.0 Å². The minimum absolute atomic E-state index is 0.0649. The number of hydrogen-bond donors (Lipinski definition) is 0. The van der Waals surface area contributed by atoms with Crippen LogP contribution in [0.25, 0.3) is 0 Å². The molecule has 7 heteroatoms. The number of halogens is 2. The van der Waals surface area contributed by atoms with Gasteiger partial charge in [0.15, 0.2) is 0 Å². The van der Waals surface area contributed by atoms with Crippen LogP contribution in [0.3, 0.4) is 0 Å². The van der Waals surface area contributed by atoms with E-state index >= 15 is 0 Å². The minimum Gasteiger partial charge on any atom is -0.373 e. The van der Waals surface area contributed by atoms with Crippen molar-refractivity contribution < 1.29 is 14.3 Å². The zero-order valence-electron chi connectivity index (χ0n) is 13.0. The van der Waals surface area contributed by atoms with Crippen LogP contribution >= 0.6 is 31.9 Å². The van der Waals surface area contributed by atoms with Crippen molar-refractivity contribution in [3.05, 3.63) is 27.1 Å². The van der Waals surface area contributed by atoms with Crippen molar-refractivity contribution in [1.82, 2.24) is 4.90 Å². The third-order valence-corrected chi connectivity index (χ3v) is 5.29. The highest BCUT2D eigenvalue weighted by molar-refractivity contribution is 9.11. The fourth-order valence-corrected chi connectivity index (χ4v) is 4.51. The summed E-state index contributed by atoms with van der Waals surface area (Å²) in [6.45, 7) is 5.33. The highest BCUT2D eigenvalue weighted by Gasteiger charge is 2.44. The quantitative estimate of drug-likeness (QED) is 0.656. The average molecular weight is 446 g/mol. The maximum absolute atomic E-state index is 12.9. The van der Waals surface area contributed by atoms with Gasteiger partial charge in [0, 0.05) is 22.0 Å². The summed E-state index contributed by atoms with van der Waals surface area (Å²) in [4.78, 5) is 28.7. The number of imide groups is 1. The van der Waals surface area contributed by atoms with Crippen molar-refractivity contribution in [1.29, 1.82) is 0 Å². The lowest BCUT2D eigenvalue weighted by atomic mass is 10.1. The minimum atomic E-state index is -0.396. The molecule has 2 fully saturated rings. The molecule has 2 heterocycles. The molecule has 2 amide bonds. The normalized spacial score (nSPS) is 29.4. The van der Waals surface area contributed by atoms with Gasteiger partial charge in [-0.1, -0.05) is 15.9 Å². The van der Waals surface area contributed by atoms with Gasteiger partial charge in [-0.3, -0.25) is 14.5 Å². The third-order valence-electron chi connectivity index (χ3n) is 4.16. The molecule has 0 aliphatic carbocycles. The Morgan fingerprint density at radius 1 is 1.13 bits per heavy atom. The van der Waals surface area contributed by atoms with E-state index < -0.39 is 6.04 Å². The van der Waals surface area contributed by atoms with Crippen LogP contribution in [0.2, 0.25) is 0 Å². The molecule has 5 nitrogen and oxygen atoms in total. The van der Waals surface area contributed by atoms with Crippen LogP contribution < -0.4 is 4.90 Å². The zero-order valence-corrected chi connectivity index (χ0v) is 16.1. The first kappa shape index (κ1) is 17.1. The summed E-state index contributed by atoms with van der Waals surface area (Å²) >= 11 is 6.82. The van der Waals surface area contributed by atoms with Crippen molar-refractivity contribution in [3.8, 4) is 0 Å². The molecule has 0 bridgehead atoms. The van der Waals surface area contributed by atoms with Gasteiger partial charge in [0.1, 0.15) is 0 Å². The van der Waals surface area contributed by atoms with Crippen LogP contribution in [-0.2, 0) is 14.3 Å². The Labute approximate surface area is 152 Å². The number of morpholine rings is 1. The number of hydrogen-bond acceptors (Lipinski definition) is 4. The predicted molar refractivity (Wildman–Crippen MR) is 94.3 cm³/mol. The van der Waals surface area contributed by atoms with Crippen molar-refractivity contribution in [2.45, 2.75) is 38.5 Å². The van der Waals surface area contributed by atoms with E-state index in [1.165, 1.54) is 4.90 Å². The van der Waals surface area contributed by atoms with Gasteiger partial charge in [-0.2, -0.15) is 0 Å². The highest BCUT2D eigenvalue weighted by Crippen LogP contribution is 2.34. The van der Waals surface area contributed by atoms with Gasteiger partial charge in [0.25, 0.3) is 5.91 Å². The fourth-order valence-electron chi connectivity index (χ4n) is 3.29. The average Bonchev–Trinajstić information content (AvgIpc) is 2.74. The summed E-state index contributed by atoms with van der Waals surface area (Å²) in [7, 11) is 0. The number of benzene rings is 1. The van der Waals surface area contributed by atoms with Crippen LogP contribution in [0, 0.1) is 0 Å². The summed E-state index contributed by atoms with van der Waals surface area (Å²) in [5.74, 6) is -0.311. The Balaban J connectivity index is 1.85. The second-order valence-electron chi connectivity index (χ2n) is 6.09. The zero-order chi connectivity index (χ0) is 16.7. The molecule has 3 unspecified atom stereocenters. The van der Waals surface area contributed by atoms with E-state index in [0.29, 0.717) is 18.8 Å². The van der Waals surface area contributed by atoms with Gasteiger partial charge in [-0.15, -0.1) is 0 Å². The monoisotopic (exact) mass is 444 g/mol.